The molecule has 0 radical (unpaired) electrons. The molecule has 21 heavy (non-hydrogen) atoms. The van der Waals surface area contributed by atoms with Crippen LogP contribution in [0, 0.1) is 11.8 Å². The fourth-order valence-corrected chi connectivity index (χ4v) is 4.15. The fourth-order valence-electron chi connectivity index (χ4n) is 4.15. The van der Waals surface area contributed by atoms with E-state index in [1.165, 1.54) is 43.6 Å². The maximum Gasteiger partial charge on any atom is 0.109 e. The van der Waals surface area contributed by atoms with Crippen LogP contribution in [-0.2, 0) is 19.4 Å². The third-order valence-corrected chi connectivity index (χ3v) is 5.24. The monoisotopic (exact) mass is 289 g/mol. The van der Waals surface area contributed by atoms with Gasteiger partial charge in [0.2, 0.25) is 0 Å². The second kappa shape index (κ2) is 6.51. The molecule has 2 aliphatic rings. The summed E-state index contributed by atoms with van der Waals surface area (Å²) >= 11 is 0. The molecular weight excluding hydrogens is 258 g/mol. The predicted octanol–water partition coefficient (Wildman–Crippen LogP) is 3.87. The first-order chi connectivity index (χ1) is 10.2. The highest BCUT2D eigenvalue weighted by Crippen LogP contribution is 2.36. The van der Waals surface area contributed by atoms with Gasteiger partial charge in [-0.3, -0.25) is 0 Å². The van der Waals surface area contributed by atoms with Gasteiger partial charge in [0.05, 0.1) is 5.69 Å². The first kappa shape index (κ1) is 15.1. The molecule has 2 atom stereocenters. The average molecular weight is 289 g/mol. The van der Waals surface area contributed by atoms with Gasteiger partial charge in [-0.25, -0.2) is 4.98 Å². The summed E-state index contributed by atoms with van der Waals surface area (Å²) in [5.74, 6) is 2.84. The first-order valence-electron chi connectivity index (χ1n) is 8.96. The standard InChI is InChI=1S/C18H31N3/c1-13(2)11-18-20-15-12-19-10-9-17(15)21(18)16-8-6-4-5-7-14(16)3/h13-14,16,19H,4-12H2,1-3H3. The van der Waals surface area contributed by atoms with Crippen molar-refractivity contribution in [1.82, 2.24) is 14.9 Å². The van der Waals surface area contributed by atoms with Crippen molar-refractivity contribution in [3.05, 3.63) is 17.2 Å². The normalized spacial score (nSPS) is 26.7. The molecule has 3 nitrogen and oxygen atoms in total. The largest absolute Gasteiger partial charge is 0.328 e. The number of nitrogens with one attached hydrogen (secondary N) is 1. The lowest BCUT2D eigenvalue weighted by Crippen LogP contribution is -2.27. The van der Waals surface area contributed by atoms with Crippen molar-refractivity contribution in [2.45, 2.75) is 78.3 Å². The average Bonchev–Trinajstić information content (AvgIpc) is 2.65. The smallest absolute Gasteiger partial charge is 0.109 e. The minimum Gasteiger partial charge on any atom is -0.328 e. The minimum atomic E-state index is 0.682. The number of nitrogens with zero attached hydrogens (tertiary/aromatic N) is 2. The lowest BCUT2D eigenvalue weighted by atomic mass is 9.95. The highest BCUT2D eigenvalue weighted by molar-refractivity contribution is 5.22. The highest BCUT2D eigenvalue weighted by atomic mass is 15.1. The summed E-state index contributed by atoms with van der Waals surface area (Å²) in [4.78, 5) is 5.03. The Balaban J connectivity index is 1.99. The van der Waals surface area contributed by atoms with Gasteiger partial charge in [-0.2, -0.15) is 0 Å². The number of aromatic nitrogens is 2. The maximum atomic E-state index is 5.03. The van der Waals surface area contributed by atoms with Crippen LogP contribution in [0.15, 0.2) is 0 Å². The van der Waals surface area contributed by atoms with Crippen LogP contribution in [-0.4, -0.2) is 16.1 Å². The first-order valence-corrected chi connectivity index (χ1v) is 8.96. The van der Waals surface area contributed by atoms with Gasteiger partial charge in [0, 0.05) is 37.7 Å². The Hall–Kier alpha value is -0.830. The van der Waals surface area contributed by atoms with Crippen LogP contribution >= 0.6 is 0 Å². The second-order valence-electron chi connectivity index (χ2n) is 7.50. The van der Waals surface area contributed by atoms with E-state index in [-0.39, 0.29) is 0 Å². The third-order valence-electron chi connectivity index (χ3n) is 5.24. The van der Waals surface area contributed by atoms with E-state index >= 15 is 0 Å². The van der Waals surface area contributed by atoms with E-state index in [2.05, 4.69) is 30.7 Å². The van der Waals surface area contributed by atoms with E-state index in [1.807, 2.05) is 0 Å². The molecule has 0 amide bonds. The lowest BCUT2D eigenvalue weighted by Gasteiger charge is -2.28. The molecule has 2 heterocycles. The zero-order valence-corrected chi connectivity index (χ0v) is 14.0. The molecule has 0 spiro atoms. The van der Waals surface area contributed by atoms with Crippen LogP contribution in [0.4, 0.5) is 0 Å². The predicted molar refractivity (Wildman–Crippen MR) is 87.5 cm³/mol. The maximum absolute atomic E-state index is 5.03. The number of hydrogen-bond acceptors (Lipinski definition) is 2. The molecule has 3 rings (SSSR count). The van der Waals surface area contributed by atoms with Crippen LogP contribution in [0.5, 0.6) is 0 Å². The number of fused-ring (bicyclic) bond motifs is 1. The summed E-state index contributed by atoms with van der Waals surface area (Å²) < 4.78 is 2.69. The number of hydrogen-bond donors (Lipinski definition) is 1. The molecule has 0 aromatic carbocycles. The Kier molecular flexibility index (Phi) is 4.68. The Morgan fingerprint density at radius 3 is 2.86 bits per heavy atom. The summed E-state index contributed by atoms with van der Waals surface area (Å²) in [6.45, 7) is 9.16. The van der Waals surface area contributed by atoms with Crippen molar-refractivity contribution in [2.75, 3.05) is 6.54 Å². The van der Waals surface area contributed by atoms with Gasteiger partial charge in [-0.05, 0) is 24.7 Å². The topological polar surface area (TPSA) is 29.9 Å². The van der Waals surface area contributed by atoms with Gasteiger partial charge in [-0.15, -0.1) is 0 Å². The SMILES string of the molecule is CC(C)Cc1nc2c(n1C1CCCCCC1C)CCNC2. The number of imidazole rings is 1. The molecular formula is C18H31N3. The summed E-state index contributed by atoms with van der Waals surface area (Å²) in [5, 5.41) is 3.49. The molecule has 0 bridgehead atoms. The summed E-state index contributed by atoms with van der Waals surface area (Å²) in [5.41, 5.74) is 2.87. The molecule has 1 aromatic rings. The quantitative estimate of drug-likeness (QED) is 0.856. The van der Waals surface area contributed by atoms with Crippen LogP contribution < -0.4 is 5.32 Å². The van der Waals surface area contributed by atoms with Crippen molar-refractivity contribution in [3.63, 3.8) is 0 Å². The summed E-state index contributed by atoms with van der Waals surface area (Å²) in [6.07, 6.45) is 9.23. The van der Waals surface area contributed by atoms with Gasteiger partial charge in [0.25, 0.3) is 0 Å². The summed E-state index contributed by atoms with van der Waals surface area (Å²) in [6, 6.07) is 0.690. The Morgan fingerprint density at radius 1 is 1.24 bits per heavy atom. The minimum absolute atomic E-state index is 0.682. The molecule has 0 saturated heterocycles. The molecule has 1 aliphatic heterocycles. The molecule has 1 N–H and O–H groups in total. The van der Waals surface area contributed by atoms with Gasteiger partial charge in [0.1, 0.15) is 5.82 Å². The Bertz CT molecular complexity index is 475. The van der Waals surface area contributed by atoms with Crippen LogP contribution in [0.25, 0.3) is 0 Å². The van der Waals surface area contributed by atoms with E-state index in [0.29, 0.717) is 12.0 Å². The van der Waals surface area contributed by atoms with Gasteiger partial charge >= 0.3 is 0 Å². The van der Waals surface area contributed by atoms with Gasteiger partial charge in [0.15, 0.2) is 0 Å². The van der Waals surface area contributed by atoms with Crippen LogP contribution in [0.1, 0.15) is 76.1 Å². The van der Waals surface area contributed by atoms with Crippen molar-refractivity contribution < 1.29 is 0 Å². The molecule has 3 heteroatoms. The molecule has 1 aliphatic carbocycles. The van der Waals surface area contributed by atoms with E-state index in [9.17, 15) is 0 Å². The van der Waals surface area contributed by atoms with E-state index in [1.54, 1.807) is 5.69 Å². The van der Waals surface area contributed by atoms with Crippen molar-refractivity contribution in [3.8, 4) is 0 Å². The third kappa shape index (κ3) is 3.18. The highest BCUT2D eigenvalue weighted by Gasteiger charge is 2.29. The number of rotatable bonds is 3. The lowest BCUT2D eigenvalue weighted by molar-refractivity contribution is 0.314. The molecule has 1 aromatic heterocycles. The Morgan fingerprint density at radius 2 is 2.05 bits per heavy atom. The fraction of sp³-hybridized carbons (Fsp3) is 0.833. The molecule has 2 unspecified atom stereocenters. The van der Waals surface area contributed by atoms with E-state index in [0.717, 1.165) is 31.8 Å². The summed E-state index contributed by atoms with van der Waals surface area (Å²) in [7, 11) is 0. The van der Waals surface area contributed by atoms with E-state index in [4.69, 9.17) is 4.98 Å². The van der Waals surface area contributed by atoms with Crippen molar-refractivity contribution >= 4 is 0 Å². The van der Waals surface area contributed by atoms with Crippen molar-refractivity contribution in [1.29, 1.82) is 0 Å². The van der Waals surface area contributed by atoms with Gasteiger partial charge in [-0.1, -0.05) is 40.0 Å². The zero-order chi connectivity index (χ0) is 14.8. The van der Waals surface area contributed by atoms with Crippen LogP contribution in [0.2, 0.25) is 0 Å². The van der Waals surface area contributed by atoms with Gasteiger partial charge < -0.3 is 9.88 Å². The molecule has 118 valence electrons. The zero-order valence-electron chi connectivity index (χ0n) is 14.0. The second-order valence-corrected chi connectivity index (χ2v) is 7.50. The molecule has 1 saturated carbocycles. The van der Waals surface area contributed by atoms with Crippen molar-refractivity contribution in [2.24, 2.45) is 11.8 Å². The van der Waals surface area contributed by atoms with Crippen LogP contribution in [0.3, 0.4) is 0 Å². The Labute approximate surface area is 129 Å². The molecule has 1 fully saturated rings. The van der Waals surface area contributed by atoms with E-state index < -0.39 is 0 Å².